The number of ketones is 1. The monoisotopic (exact) mass is 530 g/mol. The van der Waals surface area contributed by atoms with Crippen LogP contribution in [0.3, 0.4) is 0 Å². The number of benzene rings is 2. The van der Waals surface area contributed by atoms with Gasteiger partial charge in [0.15, 0.2) is 5.78 Å². The zero-order valence-corrected chi connectivity index (χ0v) is 21.8. The van der Waals surface area contributed by atoms with Crippen molar-refractivity contribution in [1.82, 2.24) is 15.0 Å². The SMILES string of the molecule is Cc1c(F)cc(-c2ccc3ncc(C(=O)C4CC4)c(Nc4cnc(N5CCCC(N)C5)nc4)c3c2)cc1Cl. The Bertz CT molecular complexity index is 1520. The van der Waals surface area contributed by atoms with Crippen LogP contribution in [0.5, 0.6) is 0 Å². The van der Waals surface area contributed by atoms with E-state index in [1.807, 2.05) is 18.2 Å². The summed E-state index contributed by atoms with van der Waals surface area (Å²) in [7, 11) is 0. The highest BCUT2D eigenvalue weighted by Crippen LogP contribution is 2.39. The van der Waals surface area contributed by atoms with E-state index in [0.29, 0.717) is 44.6 Å². The van der Waals surface area contributed by atoms with Gasteiger partial charge in [0.2, 0.25) is 5.95 Å². The summed E-state index contributed by atoms with van der Waals surface area (Å²) in [6, 6.07) is 9.01. The highest BCUT2D eigenvalue weighted by molar-refractivity contribution is 6.31. The van der Waals surface area contributed by atoms with E-state index in [4.69, 9.17) is 17.3 Å². The van der Waals surface area contributed by atoms with Crippen LogP contribution in [0.15, 0.2) is 48.9 Å². The topological polar surface area (TPSA) is 97.0 Å². The van der Waals surface area contributed by atoms with Crippen LogP contribution < -0.4 is 16.0 Å². The van der Waals surface area contributed by atoms with Crippen LogP contribution in [0.2, 0.25) is 5.02 Å². The molecule has 0 bridgehead atoms. The summed E-state index contributed by atoms with van der Waals surface area (Å²) in [5, 5.41) is 4.51. The third-order valence-electron chi connectivity index (χ3n) is 7.34. The molecule has 1 aliphatic carbocycles. The molecule has 1 saturated heterocycles. The molecule has 3 N–H and O–H groups in total. The minimum absolute atomic E-state index is 0.0184. The Morgan fingerprint density at radius 3 is 2.58 bits per heavy atom. The average molecular weight is 531 g/mol. The molecule has 2 aromatic carbocycles. The Hall–Kier alpha value is -3.62. The van der Waals surface area contributed by atoms with Crippen LogP contribution >= 0.6 is 11.6 Å². The number of anilines is 3. The second-order valence-corrected chi connectivity index (χ2v) is 10.6. The van der Waals surface area contributed by atoms with Gasteiger partial charge in [-0.25, -0.2) is 14.4 Å². The number of aromatic nitrogens is 3. The summed E-state index contributed by atoms with van der Waals surface area (Å²) in [5.74, 6) is 0.357. The molecule has 38 heavy (non-hydrogen) atoms. The molecule has 1 aliphatic heterocycles. The minimum atomic E-state index is -0.367. The number of hydrogen-bond donors (Lipinski definition) is 2. The van der Waals surface area contributed by atoms with Crippen molar-refractivity contribution in [1.29, 1.82) is 0 Å². The van der Waals surface area contributed by atoms with Crippen LogP contribution in [0.25, 0.3) is 22.0 Å². The Morgan fingerprint density at radius 1 is 1.08 bits per heavy atom. The lowest BCUT2D eigenvalue weighted by Crippen LogP contribution is -2.43. The van der Waals surface area contributed by atoms with E-state index >= 15 is 0 Å². The summed E-state index contributed by atoms with van der Waals surface area (Å²) in [5.41, 5.74) is 10.5. The average Bonchev–Trinajstić information content (AvgIpc) is 3.77. The lowest BCUT2D eigenvalue weighted by Gasteiger charge is -2.30. The molecule has 2 fully saturated rings. The molecule has 1 atom stereocenters. The van der Waals surface area contributed by atoms with Crippen LogP contribution in [0, 0.1) is 18.7 Å². The van der Waals surface area contributed by atoms with Gasteiger partial charge in [-0.05, 0) is 68.0 Å². The molecule has 2 aliphatic rings. The van der Waals surface area contributed by atoms with Crippen LogP contribution in [-0.2, 0) is 0 Å². The normalized spacial score (nSPS) is 17.6. The smallest absolute Gasteiger partial charge is 0.225 e. The number of rotatable bonds is 6. The first kappa shape index (κ1) is 24.7. The molecule has 1 unspecified atom stereocenters. The van der Waals surface area contributed by atoms with Gasteiger partial charge in [-0.3, -0.25) is 9.78 Å². The fourth-order valence-corrected chi connectivity index (χ4v) is 5.16. The van der Waals surface area contributed by atoms with Gasteiger partial charge in [0.05, 0.1) is 34.8 Å². The second-order valence-electron chi connectivity index (χ2n) is 10.2. The molecular weight excluding hydrogens is 503 g/mol. The summed E-state index contributed by atoms with van der Waals surface area (Å²) in [4.78, 5) is 29.0. The van der Waals surface area contributed by atoms with E-state index in [1.165, 1.54) is 6.07 Å². The first-order valence-electron chi connectivity index (χ1n) is 12.9. The number of carbonyl (C=O) groups excluding carboxylic acids is 1. The number of hydrogen-bond acceptors (Lipinski definition) is 7. The molecule has 3 heterocycles. The molecule has 2 aromatic heterocycles. The summed E-state index contributed by atoms with van der Waals surface area (Å²) < 4.78 is 14.5. The van der Waals surface area contributed by atoms with Crippen molar-refractivity contribution in [2.75, 3.05) is 23.3 Å². The lowest BCUT2D eigenvalue weighted by atomic mass is 9.98. The number of Topliss-reactive ketones (excluding diaryl/α,β-unsaturated/α-hetero) is 1. The van der Waals surface area contributed by atoms with Crippen LogP contribution in [-0.4, -0.2) is 39.9 Å². The van der Waals surface area contributed by atoms with Crippen molar-refractivity contribution in [3.05, 3.63) is 70.9 Å². The number of fused-ring (bicyclic) bond motifs is 1. The van der Waals surface area contributed by atoms with E-state index in [0.717, 1.165) is 49.7 Å². The third kappa shape index (κ3) is 4.81. The van der Waals surface area contributed by atoms with Crippen molar-refractivity contribution in [2.24, 2.45) is 11.7 Å². The first-order chi connectivity index (χ1) is 18.4. The molecule has 7 nitrogen and oxygen atoms in total. The fourth-order valence-electron chi connectivity index (χ4n) is 4.96. The van der Waals surface area contributed by atoms with E-state index in [1.54, 1.807) is 31.6 Å². The number of carbonyl (C=O) groups is 1. The van der Waals surface area contributed by atoms with E-state index < -0.39 is 0 Å². The van der Waals surface area contributed by atoms with Crippen molar-refractivity contribution in [2.45, 2.75) is 38.6 Å². The van der Waals surface area contributed by atoms with Crippen LogP contribution in [0.1, 0.15) is 41.6 Å². The Labute approximate surface area is 225 Å². The van der Waals surface area contributed by atoms with Crippen molar-refractivity contribution < 1.29 is 9.18 Å². The molecule has 194 valence electrons. The summed E-state index contributed by atoms with van der Waals surface area (Å²) in [6.07, 6.45) is 8.86. The quantitative estimate of drug-likeness (QED) is 0.292. The largest absolute Gasteiger partial charge is 0.352 e. The molecule has 6 rings (SSSR count). The Balaban J connectivity index is 1.40. The number of pyridine rings is 1. The van der Waals surface area contributed by atoms with Crippen molar-refractivity contribution >= 4 is 45.6 Å². The van der Waals surface area contributed by atoms with E-state index in [-0.39, 0.29) is 23.6 Å². The van der Waals surface area contributed by atoms with Crippen LogP contribution in [0.4, 0.5) is 21.7 Å². The third-order valence-corrected chi connectivity index (χ3v) is 7.74. The van der Waals surface area contributed by atoms with Crippen molar-refractivity contribution in [3.8, 4) is 11.1 Å². The van der Waals surface area contributed by atoms with Gasteiger partial charge in [-0.1, -0.05) is 17.7 Å². The fraction of sp³-hybridized carbons (Fsp3) is 0.310. The number of nitrogens with zero attached hydrogens (tertiary/aromatic N) is 4. The number of piperidine rings is 1. The molecule has 9 heteroatoms. The molecule has 4 aromatic rings. The molecule has 1 saturated carbocycles. The highest BCUT2D eigenvalue weighted by atomic mass is 35.5. The maximum absolute atomic E-state index is 14.5. The molecule has 0 amide bonds. The number of halogens is 2. The number of nitrogens with one attached hydrogen (secondary N) is 1. The van der Waals surface area contributed by atoms with Gasteiger partial charge in [0.25, 0.3) is 0 Å². The maximum atomic E-state index is 14.5. The van der Waals surface area contributed by atoms with Crippen molar-refractivity contribution in [3.63, 3.8) is 0 Å². The van der Waals surface area contributed by atoms with Gasteiger partial charge in [0, 0.05) is 47.2 Å². The standard InChI is InChI=1S/C29H28ClFN6O/c1-16-24(30)10-19(11-25(16)31)18-6-7-26-22(9-18)27(23(14-33-26)28(38)17-4-5-17)36-21-12-34-29(35-13-21)37-8-2-3-20(32)15-37/h6-7,9-14,17,20H,2-5,8,15,32H2,1H3,(H,33,36). The summed E-state index contributed by atoms with van der Waals surface area (Å²) >= 11 is 6.28. The zero-order chi connectivity index (χ0) is 26.4. The van der Waals surface area contributed by atoms with Gasteiger partial charge in [-0.15, -0.1) is 0 Å². The Kier molecular flexibility index (Phi) is 6.45. The minimum Gasteiger partial charge on any atom is -0.352 e. The number of nitrogens with two attached hydrogens (primary N) is 1. The highest BCUT2D eigenvalue weighted by Gasteiger charge is 2.32. The maximum Gasteiger partial charge on any atom is 0.225 e. The Morgan fingerprint density at radius 2 is 1.87 bits per heavy atom. The predicted molar refractivity (Wildman–Crippen MR) is 149 cm³/mol. The molecule has 0 radical (unpaired) electrons. The molecule has 0 spiro atoms. The summed E-state index contributed by atoms with van der Waals surface area (Å²) in [6.45, 7) is 3.26. The van der Waals surface area contributed by atoms with Gasteiger partial charge in [-0.2, -0.15) is 0 Å². The predicted octanol–water partition coefficient (Wildman–Crippen LogP) is 6.06. The zero-order valence-electron chi connectivity index (χ0n) is 21.0. The van der Waals surface area contributed by atoms with E-state index in [2.05, 4.69) is 25.2 Å². The van der Waals surface area contributed by atoms with Gasteiger partial charge < -0.3 is 16.0 Å². The second kappa shape index (κ2) is 9.93. The first-order valence-corrected chi connectivity index (χ1v) is 13.3. The van der Waals surface area contributed by atoms with Gasteiger partial charge >= 0.3 is 0 Å². The molecular formula is C29H28ClFN6O. The van der Waals surface area contributed by atoms with Gasteiger partial charge in [0.1, 0.15) is 5.82 Å². The van der Waals surface area contributed by atoms with E-state index in [9.17, 15) is 9.18 Å². The lowest BCUT2D eigenvalue weighted by molar-refractivity contribution is 0.0968.